The van der Waals surface area contributed by atoms with Crippen molar-refractivity contribution in [1.29, 1.82) is 0 Å². The van der Waals surface area contributed by atoms with Crippen LogP contribution in [0.2, 0.25) is 0 Å². The molecule has 27 heavy (non-hydrogen) atoms. The monoisotopic (exact) mass is 372 g/mol. The Balaban J connectivity index is 1.79. The number of pyridine rings is 1. The average Bonchev–Trinajstić information content (AvgIpc) is 2.56. The van der Waals surface area contributed by atoms with Crippen LogP contribution in [0.25, 0.3) is 0 Å². The number of likely N-dealkylation sites (tertiary alicyclic amines) is 1. The summed E-state index contributed by atoms with van der Waals surface area (Å²) < 4.78 is 11.3. The smallest absolute Gasteiger partial charge is 0.410 e. The van der Waals surface area contributed by atoms with Crippen LogP contribution in [0, 0.1) is 11.8 Å². The van der Waals surface area contributed by atoms with Crippen molar-refractivity contribution in [2.45, 2.75) is 77.9 Å². The molecule has 0 radical (unpaired) electrons. The van der Waals surface area contributed by atoms with Crippen molar-refractivity contribution in [1.82, 2.24) is 9.88 Å². The largest absolute Gasteiger partial charge is 0.490 e. The second-order valence-electron chi connectivity index (χ2n) is 7.95. The van der Waals surface area contributed by atoms with Gasteiger partial charge in [0.15, 0.2) is 0 Å². The van der Waals surface area contributed by atoms with Crippen LogP contribution in [0.1, 0.15) is 71.8 Å². The van der Waals surface area contributed by atoms with Gasteiger partial charge >= 0.3 is 6.09 Å². The van der Waals surface area contributed by atoms with Gasteiger partial charge in [0.05, 0.1) is 12.2 Å². The van der Waals surface area contributed by atoms with Crippen LogP contribution in [0.5, 0.6) is 5.75 Å². The van der Waals surface area contributed by atoms with Gasteiger partial charge in [-0.3, -0.25) is 4.98 Å². The van der Waals surface area contributed by atoms with Crippen molar-refractivity contribution in [3.8, 4) is 17.6 Å². The number of nitrogens with zero attached hydrogens (tertiary/aromatic N) is 2. The van der Waals surface area contributed by atoms with Crippen molar-refractivity contribution < 1.29 is 14.3 Å². The average molecular weight is 373 g/mol. The van der Waals surface area contributed by atoms with E-state index in [1.54, 1.807) is 17.3 Å². The number of hydrogen-bond acceptors (Lipinski definition) is 4. The van der Waals surface area contributed by atoms with Gasteiger partial charge in [-0.25, -0.2) is 4.79 Å². The standard InChI is InChI=1S/C22H32N2O3/c1-5-6-7-8-9-10-11-18-14-20(16-23-15-18)26-17-19-12-13-24(19)21(25)27-22(2,3)4/h14-16,19H,5-9,12-13,17H2,1-4H3/t19-/m0/s1. The van der Waals surface area contributed by atoms with E-state index in [4.69, 9.17) is 9.47 Å². The normalized spacial score (nSPS) is 16.1. The Kier molecular flexibility index (Phi) is 7.97. The third-order valence-corrected chi connectivity index (χ3v) is 4.32. The second kappa shape index (κ2) is 10.2. The summed E-state index contributed by atoms with van der Waals surface area (Å²) in [5.74, 6) is 7.04. The van der Waals surface area contributed by atoms with Crippen LogP contribution < -0.4 is 4.74 Å². The Hall–Kier alpha value is -2.22. The molecule has 0 unspecified atom stereocenters. The quantitative estimate of drug-likeness (QED) is 0.510. The summed E-state index contributed by atoms with van der Waals surface area (Å²) in [7, 11) is 0. The minimum Gasteiger partial charge on any atom is -0.490 e. The van der Waals surface area contributed by atoms with Gasteiger partial charge in [0.25, 0.3) is 0 Å². The van der Waals surface area contributed by atoms with Gasteiger partial charge in [0.1, 0.15) is 18.0 Å². The van der Waals surface area contributed by atoms with Crippen LogP contribution in [0.4, 0.5) is 4.79 Å². The van der Waals surface area contributed by atoms with Crippen LogP contribution in [-0.2, 0) is 4.74 Å². The lowest BCUT2D eigenvalue weighted by Gasteiger charge is -2.40. The minimum atomic E-state index is -0.481. The Morgan fingerprint density at radius 1 is 1.30 bits per heavy atom. The number of aromatic nitrogens is 1. The molecule has 0 spiro atoms. The third kappa shape index (κ3) is 7.50. The molecule has 5 nitrogen and oxygen atoms in total. The molecule has 1 saturated heterocycles. The third-order valence-electron chi connectivity index (χ3n) is 4.32. The Morgan fingerprint density at radius 2 is 2.11 bits per heavy atom. The van der Waals surface area contributed by atoms with E-state index >= 15 is 0 Å². The molecule has 1 fully saturated rings. The minimum absolute atomic E-state index is 0.0492. The number of amides is 1. The summed E-state index contributed by atoms with van der Waals surface area (Å²) in [5.41, 5.74) is 0.381. The van der Waals surface area contributed by atoms with Crippen molar-refractivity contribution in [3.05, 3.63) is 24.0 Å². The second-order valence-corrected chi connectivity index (χ2v) is 7.95. The van der Waals surface area contributed by atoms with E-state index in [9.17, 15) is 4.79 Å². The van der Waals surface area contributed by atoms with Gasteiger partial charge in [0, 0.05) is 24.7 Å². The molecule has 0 bridgehead atoms. The molecule has 1 aliphatic heterocycles. The molecular weight excluding hydrogens is 340 g/mol. The van der Waals surface area contributed by atoms with Crippen molar-refractivity contribution in [2.75, 3.05) is 13.2 Å². The van der Waals surface area contributed by atoms with Crippen LogP contribution >= 0.6 is 0 Å². The zero-order chi connectivity index (χ0) is 19.7. The molecule has 148 valence electrons. The molecule has 1 aromatic heterocycles. The van der Waals surface area contributed by atoms with Gasteiger partial charge in [-0.05, 0) is 39.7 Å². The zero-order valence-corrected chi connectivity index (χ0v) is 17.1. The zero-order valence-electron chi connectivity index (χ0n) is 17.1. The summed E-state index contributed by atoms with van der Waals surface area (Å²) in [6.07, 6.45) is 9.89. The van der Waals surface area contributed by atoms with E-state index in [-0.39, 0.29) is 12.1 Å². The number of hydrogen-bond donors (Lipinski definition) is 0. The Labute approximate surface area is 163 Å². The van der Waals surface area contributed by atoms with E-state index in [1.165, 1.54) is 19.3 Å². The summed E-state index contributed by atoms with van der Waals surface area (Å²) in [6, 6.07) is 1.95. The van der Waals surface area contributed by atoms with E-state index in [0.29, 0.717) is 18.9 Å². The molecule has 1 aromatic rings. The number of unbranched alkanes of at least 4 members (excludes halogenated alkanes) is 4. The predicted molar refractivity (Wildman–Crippen MR) is 107 cm³/mol. The summed E-state index contributed by atoms with van der Waals surface area (Å²) >= 11 is 0. The van der Waals surface area contributed by atoms with Crippen molar-refractivity contribution in [3.63, 3.8) is 0 Å². The fourth-order valence-corrected chi connectivity index (χ4v) is 2.74. The molecule has 1 aliphatic rings. The lowest BCUT2D eigenvalue weighted by Crippen LogP contribution is -2.55. The molecular formula is C22H32N2O3. The van der Waals surface area contributed by atoms with Gasteiger partial charge in [0.2, 0.25) is 0 Å². The fraction of sp³-hybridized carbons (Fsp3) is 0.636. The van der Waals surface area contributed by atoms with E-state index in [1.807, 2.05) is 26.8 Å². The maximum Gasteiger partial charge on any atom is 0.410 e. The molecule has 2 heterocycles. The highest BCUT2D eigenvalue weighted by molar-refractivity contribution is 5.69. The van der Waals surface area contributed by atoms with E-state index < -0.39 is 5.60 Å². The van der Waals surface area contributed by atoms with Gasteiger partial charge in [-0.2, -0.15) is 0 Å². The lowest BCUT2D eigenvalue weighted by molar-refractivity contribution is -0.0141. The predicted octanol–water partition coefficient (Wildman–Crippen LogP) is 4.79. The SMILES string of the molecule is CCCCCCC#Cc1cncc(OC[C@@H]2CCN2C(=O)OC(C)(C)C)c1. The first-order valence-corrected chi connectivity index (χ1v) is 9.95. The molecule has 0 saturated carbocycles. The van der Waals surface area contributed by atoms with Crippen molar-refractivity contribution >= 4 is 6.09 Å². The van der Waals surface area contributed by atoms with Gasteiger partial charge in [-0.1, -0.05) is 38.0 Å². The molecule has 0 aliphatic carbocycles. The van der Waals surface area contributed by atoms with Gasteiger partial charge in [-0.15, -0.1) is 0 Å². The molecule has 0 N–H and O–H groups in total. The number of carbonyl (C=O) groups is 1. The van der Waals surface area contributed by atoms with Crippen molar-refractivity contribution in [2.24, 2.45) is 0 Å². The Bertz CT molecular complexity index is 670. The molecule has 2 rings (SSSR count). The van der Waals surface area contributed by atoms with Gasteiger partial charge < -0.3 is 14.4 Å². The molecule has 0 aromatic carbocycles. The molecule has 1 atom stereocenters. The molecule has 1 amide bonds. The maximum atomic E-state index is 12.1. The van der Waals surface area contributed by atoms with Crippen LogP contribution in [-0.4, -0.2) is 40.8 Å². The summed E-state index contributed by atoms with van der Waals surface area (Å²) in [4.78, 5) is 18.1. The highest BCUT2D eigenvalue weighted by atomic mass is 16.6. The van der Waals surface area contributed by atoms with E-state index in [0.717, 1.165) is 24.8 Å². The number of rotatable bonds is 7. The maximum absolute atomic E-state index is 12.1. The number of ether oxygens (including phenoxy) is 2. The first-order valence-electron chi connectivity index (χ1n) is 9.95. The summed E-state index contributed by atoms with van der Waals surface area (Å²) in [5, 5.41) is 0. The topological polar surface area (TPSA) is 51.7 Å². The van der Waals surface area contributed by atoms with Crippen LogP contribution in [0.15, 0.2) is 18.5 Å². The number of carbonyl (C=O) groups excluding carboxylic acids is 1. The van der Waals surface area contributed by atoms with Crippen LogP contribution in [0.3, 0.4) is 0 Å². The lowest BCUT2D eigenvalue weighted by atomic mass is 10.1. The first-order chi connectivity index (χ1) is 12.9. The highest BCUT2D eigenvalue weighted by Crippen LogP contribution is 2.22. The first kappa shape index (κ1) is 21.1. The Morgan fingerprint density at radius 3 is 2.78 bits per heavy atom. The fourth-order valence-electron chi connectivity index (χ4n) is 2.74. The highest BCUT2D eigenvalue weighted by Gasteiger charge is 2.35. The molecule has 5 heteroatoms. The summed E-state index contributed by atoms with van der Waals surface area (Å²) in [6.45, 7) is 8.98. The van der Waals surface area contributed by atoms with E-state index in [2.05, 4.69) is 23.7 Å².